The van der Waals surface area contributed by atoms with Gasteiger partial charge in [0.1, 0.15) is 6.54 Å². The second kappa shape index (κ2) is 6.39. The molecular formula is C18H26N2O3S. The molecule has 6 heteroatoms. The fourth-order valence-electron chi connectivity index (χ4n) is 4.27. The van der Waals surface area contributed by atoms with Gasteiger partial charge < -0.3 is 5.32 Å². The van der Waals surface area contributed by atoms with Crippen LogP contribution in [0.1, 0.15) is 36.8 Å². The van der Waals surface area contributed by atoms with Crippen molar-refractivity contribution in [3.8, 4) is 0 Å². The quantitative estimate of drug-likeness (QED) is 0.886. The molecule has 2 bridgehead atoms. The number of nitrogens with zero attached hydrogens (tertiary/aromatic N) is 1. The molecular weight excluding hydrogens is 324 g/mol. The fourth-order valence-corrected chi connectivity index (χ4v) is 5.18. The number of aryl methyl sites for hydroxylation is 2. The highest BCUT2D eigenvalue weighted by molar-refractivity contribution is 7.92. The van der Waals surface area contributed by atoms with E-state index in [-0.39, 0.29) is 18.5 Å². The Labute approximate surface area is 144 Å². The molecule has 1 amide bonds. The maximum absolute atomic E-state index is 12.5. The minimum Gasteiger partial charge on any atom is -0.352 e. The van der Waals surface area contributed by atoms with E-state index in [0.717, 1.165) is 29.7 Å². The highest BCUT2D eigenvalue weighted by Crippen LogP contribution is 2.44. The van der Waals surface area contributed by atoms with Crippen molar-refractivity contribution in [2.24, 2.45) is 11.8 Å². The molecule has 24 heavy (non-hydrogen) atoms. The molecule has 2 aliphatic rings. The zero-order valence-corrected chi connectivity index (χ0v) is 15.4. The van der Waals surface area contributed by atoms with Gasteiger partial charge in [-0.05, 0) is 56.6 Å². The number of amides is 1. The van der Waals surface area contributed by atoms with Crippen molar-refractivity contribution >= 4 is 21.6 Å². The van der Waals surface area contributed by atoms with Crippen LogP contribution >= 0.6 is 0 Å². The summed E-state index contributed by atoms with van der Waals surface area (Å²) in [4.78, 5) is 12.5. The fraction of sp³-hybridized carbons (Fsp3) is 0.611. The lowest BCUT2D eigenvalue weighted by atomic mass is 9.95. The molecule has 0 unspecified atom stereocenters. The van der Waals surface area contributed by atoms with Crippen molar-refractivity contribution in [3.05, 3.63) is 29.3 Å². The van der Waals surface area contributed by atoms with Crippen molar-refractivity contribution in [2.75, 3.05) is 17.1 Å². The van der Waals surface area contributed by atoms with Crippen molar-refractivity contribution in [1.82, 2.24) is 5.32 Å². The zero-order valence-electron chi connectivity index (χ0n) is 14.6. The molecule has 0 aromatic heterocycles. The van der Waals surface area contributed by atoms with Gasteiger partial charge in [0.05, 0.1) is 11.9 Å². The Morgan fingerprint density at radius 2 is 2.00 bits per heavy atom. The van der Waals surface area contributed by atoms with Crippen LogP contribution in [0.3, 0.4) is 0 Å². The number of carbonyl (C=O) groups is 1. The summed E-state index contributed by atoms with van der Waals surface area (Å²) in [5, 5.41) is 3.07. The standard InChI is InChI=1S/C18H26N2O3S/c1-12-4-7-17(13(2)8-12)20(24(3,22)23)11-18(21)19-16-10-14-5-6-15(16)9-14/h4,7-8,14-16H,5-6,9-11H2,1-3H3,(H,19,21)/t14-,15-,16-/m0/s1. The predicted octanol–water partition coefficient (Wildman–Crippen LogP) is 2.37. The van der Waals surface area contributed by atoms with Crippen LogP contribution in [0.25, 0.3) is 0 Å². The average Bonchev–Trinajstić information content (AvgIpc) is 3.07. The zero-order chi connectivity index (χ0) is 17.5. The summed E-state index contributed by atoms with van der Waals surface area (Å²) in [6.07, 6.45) is 5.85. The molecule has 3 atom stereocenters. The van der Waals surface area contributed by atoms with Gasteiger partial charge in [0.15, 0.2) is 0 Å². The van der Waals surface area contributed by atoms with Crippen LogP contribution in [-0.2, 0) is 14.8 Å². The minimum absolute atomic E-state index is 0.156. The molecule has 0 saturated heterocycles. The van der Waals surface area contributed by atoms with E-state index in [0.29, 0.717) is 11.6 Å². The topological polar surface area (TPSA) is 66.5 Å². The highest BCUT2D eigenvalue weighted by Gasteiger charge is 2.40. The van der Waals surface area contributed by atoms with E-state index in [1.165, 1.54) is 23.6 Å². The summed E-state index contributed by atoms with van der Waals surface area (Å²) in [6, 6.07) is 5.79. The Balaban J connectivity index is 1.74. The van der Waals surface area contributed by atoms with Gasteiger partial charge in [-0.3, -0.25) is 9.10 Å². The lowest BCUT2D eigenvalue weighted by molar-refractivity contribution is -0.120. The number of carbonyl (C=O) groups excluding carboxylic acids is 1. The van der Waals surface area contributed by atoms with E-state index in [2.05, 4.69) is 5.32 Å². The first-order valence-electron chi connectivity index (χ1n) is 8.58. The minimum atomic E-state index is -3.52. The van der Waals surface area contributed by atoms with Gasteiger partial charge in [-0.25, -0.2) is 8.42 Å². The maximum Gasteiger partial charge on any atom is 0.241 e. The van der Waals surface area contributed by atoms with Gasteiger partial charge in [-0.15, -0.1) is 0 Å². The summed E-state index contributed by atoms with van der Waals surface area (Å²) in [6.45, 7) is 3.67. The van der Waals surface area contributed by atoms with Gasteiger partial charge >= 0.3 is 0 Å². The van der Waals surface area contributed by atoms with Crippen LogP contribution in [0, 0.1) is 25.7 Å². The third-order valence-electron chi connectivity index (χ3n) is 5.39. The average molecular weight is 350 g/mol. The van der Waals surface area contributed by atoms with Gasteiger partial charge in [0, 0.05) is 6.04 Å². The largest absolute Gasteiger partial charge is 0.352 e. The SMILES string of the molecule is Cc1ccc(N(CC(=O)N[C@H]2C[C@H]3CC[C@H]2C3)S(C)(=O)=O)c(C)c1. The number of anilines is 1. The number of nitrogens with one attached hydrogen (secondary N) is 1. The van der Waals surface area contributed by atoms with Crippen LogP contribution in [0.5, 0.6) is 0 Å². The third kappa shape index (κ3) is 3.58. The molecule has 2 aliphatic carbocycles. The van der Waals surface area contributed by atoms with Crippen molar-refractivity contribution in [1.29, 1.82) is 0 Å². The summed E-state index contributed by atoms with van der Waals surface area (Å²) in [7, 11) is -3.52. The number of benzene rings is 1. The molecule has 0 aliphatic heterocycles. The van der Waals surface area contributed by atoms with Crippen LogP contribution in [0.2, 0.25) is 0 Å². The molecule has 5 nitrogen and oxygen atoms in total. The first kappa shape index (κ1) is 17.3. The van der Waals surface area contributed by atoms with Crippen molar-refractivity contribution < 1.29 is 13.2 Å². The number of sulfonamides is 1. The van der Waals surface area contributed by atoms with Gasteiger partial charge in [-0.1, -0.05) is 24.1 Å². The molecule has 3 rings (SSSR count). The molecule has 1 N–H and O–H groups in total. The molecule has 0 spiro atoms. The summed E-state index contributed by atoms with van der Waals surface area (Å²) >= 11 is 0. The molecule has 2 saturated carbocycles. The molecule has 0 heterocycles. The van der Waals surface area contributed by atoms with Crippen LogP contribution in [0.15, 0.2) is 18.2 Å². The smallest absolute Gasteiger partial charge is 0.241 e. The van der Waals surface area contributed by atoms with E-state index in [1.807, 2.05) is 26.0 Å². The van der Waals surface area contributed by atoms with Gasteiger partial charge in [-0.2, -0.15) is 0 Å². The highest BCUT2D eigenvalue weighted by atomic mass is 32.2. The first-order chi connectivity index (χ1) is 11.2. The maximum atomic E-state index is 12.5. The number of hydrogen-bond donors (Lipinski definition) is 1. The molecule has 132 valence electrons. The molecule has 1 aromatic carbocycles. The summed E-state index contributed by atoms with van der Waals surface area (Å²) in [5.74, 6) is 1.11. The van der Waals surface area contributed by atoms with Crippen LogP contribution < -0.4 is 9.62 Å². The van der Waals surface area contributed by atoms with E-state index in [1.54, 1.807) is 6.07 Å². The summed E-state index contributed by atoms with van der Waals surface area (Å²) < 4.78 is 25.6. The second-order valence-corrected chi connectivity index (χ2v) is 9.32. The third-order valence-corrected chi connectivity index (χ3v) is 6.52. The van der Waals surface area contributed by atoms with Crippen LogP contribution in [-0.4, -0.2) is 33.2 Å². The predicted molar refractivity (Wildman–Crippen MR) is 95.5 cm³/mol. The second-order valence-electron chi connectivity index (χ2n) is 7.41. The normalized spacial score (nSPS) is 25.7. The Morgan fingerprint density at radius 3 is 2.54 bits per heavy atom. The number of rotatable bonds is 5. The Bertz CT molecular complexity index is 745. The molecule has 0 radical (unpaired) electrons. The monoisotopic (exact) mass is 350 g/mol. The molecule has 2 fully saturated rings. The Hall–Kier alpha value is -1.56. The van der Waals surface area contributed by atoms with E-state index >= 15 is 0 Å². The van der Waals surface area contributed by atoms with E-state index in [4.69, 9.17) is 0 Å². The van der Waals surface area contributed by atoms with E-state index in [9.17, 15) is 13.2 Å². The van der Waals surface area contributed by atoms with Gasteiger partial charge in [0.2, 0.25) is 15.9 Å². The Morgan fingerprint density at radius 1 is 1.25 bits per heavy atom. The number of fused-ring (bicyclic) bond motifs is 2. The first-order valence-corrected chi connectivity index (χ1v) is 10.4. The Kier molecular flexibility index (Phi) is 4.60. The molecule has 1 aromatic rings. The van der Waals surface area contributed by atoms with Crippen molar-refractivity contribution in [3.63, 3.8) is 0 Å². The lowest BCUT2D eigenvalue weighted by Crippen LogP contribution is -2.45. The summed E-state index contributed by atoms with van der Waals surface area (Å²) in [5.41, 5.74) is 2.50. The van der Waals surface area contributed by atoms with Gasteiger partial charge in [0.25, 0.3) is 0 Å². The number of hydrogen-bond acceptors (Lipinski definition) is 3. The van der Waals surface area contributed by atoms with Crippen molar-refractivity contribution in [2.45, 2.75) is 45.6 Å². The van der Waals surface area contributed by atoms with E-state index < -0.39 is 10.0 Å². The van der Waals surface area contributed by atoms with Crippen LogP contribution in [0.4, 0.5) is 5.69 Å². The lowest BCUT2D eigenvalue weighted by Gasteiger charge is -2.27.